The summed E-state index contributed by atoms with van der Waals surface area (Å²) in [6.07, 6.45) is 5.57. The molecule has 20 heavy (non-hydrogen) atoms. The lowest BCUT2D eigenvalue weighted by atomic mass is 10.1. The Kier molecular flexibility index (Phi) is 3.14. The van der Waals surface area contributed by atoms with E-state index in [4.69, 9.17) is 0 Å². The summed E-state index contributed by atoms with van der Waals surface area (Å²) in [6, 6.07) is 0. The maximum Gasteiger partial charge on any atom is 0.262 e. The number of aryl methyl sites for hydroxylation is 2. The average Bonchev–Trinajstić information content (AvgIpc) is 3.07. The van der Waals surface area contributed by atoms with Gasteiger partial charge in [0.25, 0.3) is 10.0 Å². The number of aromatic amines is 1. The van der Waals surface area contributed by atoms with Crippen molar-refractivity contribution in [3.8, 4) is 0 Å². The molecule has 0 amide bonds. The molecule has 0 bridgehead atoms. The Morgan fingerprint density at radius 3 is 2.80 bits per heavy atom. The summed E-state index contributed by atoms with van der Waals surface area (Å²) in [6.45, 7) is 2.89. The molecule has 108 valence electrons. The van der Waals surface area contributed by atoms with Gasteiger partial charge in [-0.25, -0.2) is 18.4 Å². The normalized spacial score (nSPS) is 20.6. The molecule has 3 rings (SSSR count). The lowest BCUT2D eigenvalue weighted by molar-refractivity contribution is 0.469. The van der Waals surface area contributed by atoms with Crippen LogP contribution in [0.5, 0.6) is 0 Å². The number of hydrogen-bond acceptors (Lipinski definition) is 4. The molecule has 7 nitrogen and oxygen atoms in total. The van der Waals surface area contributed by atoms with E-state index in [1.165, 1.54) is 16.8 Å². The number of H-pyrrole nitrogens is 1. The van der Waals surface area contributed by atoms with Crippen LogP contribution in [0.3, 0.4) is 0 Å². The summed E-state index contributed by atoms with van der Waals surface area (Å²) in [5.41, 5.74) is 0.992. The molecule has 1 aliphatic rings. The van der Waals surface area contributed by atoms with Crippen LogP contribution in [0.4, 0.5) is 0 Å². The Hall–Kier alpha value is -1.67. The molecule has 1 N–H and O–H groups in total. The van der Waals surface area contributed by atoms with Crippen molar-refractivity contribution in [3.05, 3.63) is 30.2 Å². The highest BCUT2D eigenvalue weighted by molar-refractivity contribution is 7.89. The molecule has 0 saturated carbocycles. The zero-order valence-corrected chi connectivity index (χ0v) is 12.3. The summed E-state index contributed by atoms with van der Waals surface area (Å²) in [5, 5.41) is 0.108. The Balaban J connectivity index is 1.80. The molecule has 1 aliphatic heterocycles. The van der Waals surface area contributed by atoms with Gasteiger partial charge in [-0.1, -0.05) is 0 Å². The van der Waals surface area contributed by atoms with E-state index in [2.05, 4.69) is 15.0 Å². The van der Waals surface area contributed by atoms with Gasteiger partial charge in [-0.3, -0.25) is 0 Å². The quantitative estimate of drug-likeness (QED) is 0.900. The second-order valence-electron chi connectivity index (χ2n) is 5.18. The van der Waals surface area contributed by atoms with Crippen LogP contribution in [0, 0.1) is 6.92 Å². The van der Waals surface area contributed by atoms with E-state index in [0.29, 0.717) is 13.1 Å². The van der Waals surface area contributed by atoms with Crippen molar-refractivity contribution in [3.63, 3.8) is 0 Å². The molecule has 1 saturated heterocycles. The maximum absolute atomic E-state index is 12.4. The summed E-state index contributed by atoms with van der Waals surface area (Å²) < 4.78 is 28.0. The van der Waals surface area contributed by atoms with E-state index in [-0.39, 0.29) is 10.9 Å². The minimum Gasteiger partial charge on any atom is -0.346 e. The third kappa shape index (κ3) is 2.25. The van der Waals surface area contributed by atoms with Crippen LogP contribution in [0.1, 0.15) is 23.9 Å². The molecule has 0 radical (unpaired) electrons. The number of rotatable bonds is 3. The molecule has 3 heterocycles. The fraction of sp³-hybridized carbons (Fsp3) is 0.500. The van der Waals surface area contributed by atoms with Gasteiger partial charge in [-0.2, -0.15) is 4.31 Å². The van der Waals surface area contributed by atoms with Crippen molar-refractivity contribution in [2.24, 2.45) is 7.05 Å². The Morgan fingerprint density at radius 1 is 1.40 bits per heavy atom. The van der Waals surface area contributed by atoms with Crippen molar-refractivity contribution in [2.45, 2.75) is 24.3 Å². The number of imidazole rings is 2. The molecule has 2 aromatic rings. The van der Waals surface area contributed by atoms with Gasteiger partial charge in [0, 0.05) is 44.1 Å². The van der Waals surface area contributed by atoms with Gasteiger partial charge < -0.3 is 9.55 Å². The molecule has 1 fully saturated rings. The zero-order chi connectivity index (χ0) is 14.3. The van der Waals surface area contributed by atoms with Gasteiger partial charge in [0.15, 0.2) is 5.03 Å². The molecule has 0 aromatic carbocycles. The number of nitrogens with zero attached hydrogens (tertiary/aromatic N) is 4. The van der Waals surface area contributed by atoms with Crippen molar-refractivity contribution >= 4 is 10.0 Å². The molecular weight excluding hydrogens is 278 g/mol. The van der Waals surface area contributed by atoms with E-state index in [1.807, 2.05) is 6.92 Å². The van der Waals surface area contributed by atoms with E-state index >= 15 is 0 Å². The largest absolute Gasteiger partial charge is 0.346 e. The molecule has 8 heteroatoms. The molecule has 0 aliphatic carbocycles. The smallest absolute Gasteiger partial charge is 0.262 e. The van der Waals surface area contributed by atoms with Crippen LogP contribution >= 0.6 is 0 Å². The van der Waals surface area contributed by atoms with E-state index in [1.54, 1.807) is 17.8 Å². The van der Waals surface area contributed by atoms with Crippen LogP contribution < -0.4 is 0 Å². The van der Waals surface area contributed by atoms with Crippen molar-refractivity contribution in [2.75, 3.05) is 13.1 Å². The first kappa shape index (κ1) is 13.3. The van der Waals surface area contributed by atoms with Gasteiger partial charge >= 0.3 is 0 Å². The number of sulfonamides is 1. The maximum atomic E-state index is 12.4. The summed E-state index contributed by atoms with van der Waals surface area (Å²) >= 11 is 0. The third-order valence-electron chi connectivity index (χ3n) is 3.55. The molecule has 2 aromatic heterocycles. The summed E-state index contributed by atoms with van der Waals surface area (Å²) in [4.78, 5) is 11.4. The van der Waals surface area contributed by atoms with Gasteiger partial charge in [0.05, 0.1) is 6.33 Å². The SMILES string of the molecule is Cc1cnc(C2CCN(S(=O)(=O)c3cn(C)cn3)C2)[nH]1. The van der Waals surface area contributed by atoms with E-state index in [9.17, 15) is 8.42 Å². The van der Waals surface area contributed by atoms with Crippen LogP contribution in [0.25, 0.3) is 0 Å². The molecule has 1 unspecified atom stereocenters. The van der Waals surface area contributed by atoms with Crippen LogP contribution in [-0.4, -0.2) is 45.3 Å². The first-order valence-electron chi connectivity index (χ1n) is 6.46. The predicted octanol–water partition coefficient (Wildman–Crippen LogP) is 0.630. The first-order valence-corrected chi connectivity index (χ1v) is 7.90. The van der Waals surface area contributed by atoms with Crippen LogP contribution in [0.15, 0.2) is 23.7 Å². The minimum atomic E-state index is -3.49. The average molecular weight is 295 g/mol. The van der Waals surface area contributed by atoms with Gasteiger partial charge in [0.1, 0.15) is 5.82 Å². The summed E-state index contributed by atoms with van der Waals surface area (Å²) in [5.74, 6) is 0.989. The first-order chi connectivity index (χ1) is 9.46. The topological polar surface area (TPSA) is 83.9 Å². The standard InChI is InChI=1S/C12H17N5O2S/c1-9-5-13-12(15-9)10-3-4-17(6-10)20(18,19)11-7-16(2)8-14-11/h5,7-8,10H,3-4,6H2,1-2H3,(H,13,15). The lowest BCUT2D eigenvalue weighted by Gasteiger charge is -2.14. The fourth-order valence-electron chi connectivity index (χ4n) is 2.46. The molecule has 1 atom stereocenters. The van der Waals surface area contributed by atoms with Gasteiger partial charge in [-0.05, 0) is 13.3 Å². The number of aromatic nitrogens is 4. The van der Waals surface area contributed by atoms with E-state index in [0.717, 1.165) is 17.9 Å². The van der Waals surface area contributed by atoms with Crippen LogP contribution in [0.2, 0.25) is 0 Å². The highest BCUT2D eigenvalue weighted by atomic mass is 32.2. The molecule has 0 spiro atoms. The Bertz CT molecular complexity index is 718. The van der Waals surface area contributed by atoms with Crippen molar-refractivity contribution in [1.82, 2.24) is 23.8 Å². The Morgan fingerprint density at radius 2 is 2.20 bits per heavy atom. The monoisotopic (exact) mass is 295 g/mol. The summed E-state index contributed by atoms with van der Waals surface area (Å²) in [7, 11) is -1.74. The molecular formula is C12H17N5O2S. The lowest BCUT2D eigenvalue weighted by Crippen LogP contribution is -2.29. The zero-order valence-electron chi connectivity index (χ0n) is 11.4. The second-order valence-corrected chi connectivity index (χ2v) is 7.06. The van der Waals surface area contributed by atoms with Crippen molar-refractivity contribution in [1.29, 1.82) is 0 Å². The van der Waals surface area contributed by atoms with Crippen molar-refractivity contribution < 1.29 is 8.42 Å². The Labute approximate surface area is 117 Å². The van der Waals surface area contributed by atoms with Gasteiger partial charge in [0.2, 0.25) is 0 Å². The number of nitrogens with one attached hydrogen (secondary N) is 1. The van der Waals surface area contributed by atoms with Gasteiger partial charge in [-0.15, -0.1) is 0 Å². The highest BCUT2D eigenvalue weighted by Crippen LogP contribution is 2.29. The second kappa shape index (κ2) is 4.71. The fourth-order valence-corrected chi connectivity index (χ4v) is 3.93. The van der Waals surface area contributed by atoms with E-state index < -0.39 is 10.0 Å². The minimum absolute atomic E-state index is 0.108. The third-order valence-corrected chi connectivity index (χ3v) is 5.30. The highest BCUT2D eigenvalue weighted by Gasteiger charge is 2.35. The number of hydrogen-bond donors (Lipinski definition) is 1. The van der Waals surface area contributed by atoms with Crippen LogP contribution in [-0.2, 0) is 17.1 Å². The predicted molar refractivity (Wildman–Crippen MR) is 72.6 cm³/mol.